The van der Waals surface area contributed by atoms with E-state index in [-0.39, 0.29) is 5.91 Å². The summed E-state index contributed by atoms with van der Waals surface area (Å²) in [6, 6.07) is 14.1. The zero-order valence-corrected chi connectivity index (χ0v) is 14.7. The van der Waals surface area contributed by atoms with Crippen molar-refractivity contribution in [3.63, 3.8) is 0 Å². The van der Waals surface area contributed by atoms with Gasteiger partial charge >= 0.3 is 0 Å². The molecule has 0 spiro atoms. The molecule has 0 aliphatic carbocycles. The first-order chi connectivity index (χ1) is 12.1. The van der Waals surface area contributed by atoms with Crippen molar-refractivity contribution < 1.29 is 4.79 Å². The molecule has 128 valence electrons. The molecule has 0 bridgehead atoms. The van der Waals surface area contributed by atoms with Gasteiger partial charge in [-0.15, -0.1) is 0 Å². The van der Waals surface area contributed by atoms with Crippen LogP contribution in [0.1, 0.15) is 40.7 Å². The Morgan fingerprint density at radius 2 is 2.04 bits per heavy atom. The molecule has 1 unspecified atom stereocenters. The number of rotatable bonds is 3. The minimum Gasteiger partial charge on any atom is -0.348 e. The number of hydrogen-bond donors (Lipinski definition) is 1. The smallest absolute Gasteiger partial charge is 0.251 e. The second-order valence-electron chi connectivity index (χ2n) is 7.15. The van der Waals surface area contributed by atoms with Crippen LogP contribution in [0.3, 0.4) is 0 Å². The lowest BCUT2D eigenvalue weighted by atomic mass is 10.0. The van der Waals surface area contributed by atoms with E-state index < -0.39 is 0 Å². The van der Waals surface area contributed by atoms with Crippen molar-refractivity contribution in [3.8, 4) is 0 Å². The molecule has 0 fully saturated rings. The second-order valence-corrected chi connectivity index (χ2v) is 7.15. The summed E-state index contributed by atoms with van der Waals surface area (Å²) in [6.45, 7) is 5.88. The van der Waals surface area contributed by atoms with Crippen LogP contribution in [-0.2, 0) is 19.5 Å². The average molecular weight is 333 g/mol. The molecule has 1 atom stereocenters. The summed E-state index contributed by atoms with van der Waals surface area (Å²) in [6.07, 6.45) is 2.21. The van der Waals surface area contributed by atoms with Gasteiger partial charge in [0, 0.05) is 25.1 Å². The van der Waals surface area contributed by atoms with E-state index in [0.717, 1.165) is 35.4 Å². The van der Waals surface area contributed by atoms with Gasteiger partial charge < -0.3 is 9.88 Å². The Morgan fingerprint density at radius 1 is 1.24 bits per heavy atom. The number of aromatic nitrogens is 2. The first-order valence-corrected chi connectivity index (χ1v) is 8.93. The molecule has 2 heterocycles. The Bertz CT molecular complexity index is 924. The summed E-state index contributed by atoms with van der Waals surface area (Å²) in [5.74, 6) is 1.77. The summed E-state index contributed by atoms with van der Waals surface area (Å²) in [4.78, 5) is 17.2. The fourth-order valence-electron chi connectivity index (χ4n) is 3.48. The molecule has 1 N–H and O–H groups in total. The standard InChI is InChI=1S/C21H23N3O/c1-14-3-5-16(6-4-14)13-22-21(25)17-7-8-19-18(12-17)23-20-11-15(2)9-10-24(19)20/h3-8,12,15H,9-11,13H2,1-2H3,(H,22,25). The first-order valence-electron chi connectivity index (χ1n) is 8.93. The van der Waals surface area contributed by atoms with Crippen LogP contribution in [0, 0.1) is 12.8 Å². The molecular formula is C21H23N3O. The predicted octanol–water partition coefficient (Wildman–Crippen LogP) is 3.86. The Morgan fingerprint density at radius 3 is 2.84 bits per heavy atom. The molecular weight excluding hydrogens is 310 g/mol. The van der Waals surface area contributed by atoms with E-state index in [1.165, 1.54) is 12.0 Å². The second kappa shape index (κ2) is 6.36. The number of nitrogens with one attached hydrogen (secondary N) is 1. The predicted molar refractivity (Wildman–Crippen MR) is 99.6 cm³/mol. The van der Waals surface area contributed by atoms with Crippen LogP contribution < -0.4 is 5.32 Å². The summed E-state index contributed by atoms with van der Waals surface area (Å²) in [5.41, 5.74) is 5.05. The molecule has 3 aromatic rings. The van der Waals surface area contributed by atoms with Gasteiger partial charge in [0.15, 0.2) is 0 Å². The van der Waals surface area contributed by atoms with Gasteiger partial charge in [-0.1, -0.05) is 36.8 Å². The minimum absolute atomic E-state index is 0.0539. The highest BCUT2D eigenvalue weighted by molar-refractivity contribution is 5.97. The topological polar surface area (TPSA) is 46.9 Å². The maximum Gasteiger partial charge on any atom is 0.251 e. The number of amides is 1. The number of fused-ring (bicyclic) bond motifs is 3. The van der Waals surface area contributed by atoms with E-state index >= 15 is 0 Å². The highest BCUT2D eigenvalue weighted by Crippen LogP contribution is 2.25. The highest BCUT2D eigenvalue weighted by atomic mass is 16.1. The van der Waals surface area contributed by atoms with Gasteiger partial charge in [-0.05, 0) is 43.0 Å². The third-order valence-corrected chi connectivity index (χ3v) is 5.04. The Balaban J connectivity index is 1.53. The molecule has 1 aliphatic heterocycles. The molecule has 4 nitrogen and oxygen atoms in total. The van der Waals surface area contributed by atoms with Gasteiger partial charge in [0.05, 0.1) is 11.0 Å². The first kappa shape index (κ1) is 15.9. The molecule has 0 radical (unpaired) electrons. The van der Waals surface area contributed by atoms with Crippen LogP contribution in [-0.4, -0.2) is 15.5 Å². The van der Waals surface area contributed by atoms with Crippen LogP contribution in [0.15, 0.2) is 42.5 Å². The highest BCUT2D eigenvalue weighted by Gasteiger charge is 2.19. The van der Waals surface area contributed by atoms with Crippen molar-refractivity contribution in [1.29, 1.82) is 0 Å². The molecule has 1 aromatic heterocycles. The lowest BCUT2D eigenvalue weighted by Crippen LogP contribution is -2.22. The Kier molecular flexibility index (Phi) is 4.04. The van der Waals surface area contributed by atoms with Crippen molar-refractivity contribution in [2.75, 3.05) is 0 Å². The fraction of sp³-hybridized carbons (Fsp3) is 0.333. The number of nitrogens with zero attached hydrogens (tertiary/aromatic N) is 2. The van der Waals surface area contributed by atoms with Crippen LogP contribution in [0.4, 0.5) is 0 Å². The van der Waals surface area contributed by atoms with Gasteiger partial charge in [-0.2, -0.15) is 0 Å². The molecule has 1 amide bonds. The number of hydrogen-bond acceptors (Lipinski definition) is 2. The quantitative estimate of drug-likeness (QED) is 0.791. The van der Waals surface area contributed by atoms with Crippen molar-refractivity contribution >= 4 is 16.9 Å². The maximum absolute atomic E-state index is 12.5. The Labute approximate surface area is 147 Å². The van der Waals surface area contributed by atoms with E-state index in [9.17, 15) is 4.79 Å². The van der Waals surface area contributed by atoms with Crippen molar-refractivity contribution in [1.82, 2.24) is 14.9 Å². The normalized spacial score (nSPS) is 16.6. The van der Waals surface area contributed by atoms with Crippen LogP contribution in [0.25, 0.3) is 11.0 Å². The van der Waals surface area contributed by atoms with Gasteiger partial charge in [0.1, 0.15) is 5.82 Å². The van der Waals surface area contributed by atoms with E-state index in [2.05, 4.69) is 35.9 Å². The lowest BCUT2D eigenvalue weighted by Gasteiger charge is -2.19. The molecule has 4 rings (SSSR count). The Hall–Kier alpha value is -2.62. The minimum atomic E-state index is -0.0539. The summed E-state index contributed by atoms with van der Waals surface area (Å²) < 4.78 is 2.29. The number of benzene rings is 2. The van der Waals surface area contributed by atoms with Crippen molar-refractivity contribution in [2.45, 2.75) is 39.8 Å². The van der Waals surface area contributed by atoms with Crippen molar-refractivity contribution in [2.24, 2.45) is 5.92 Å². The number of imidazole rings is 1. The molecule has 4 heteroatoms. The van der Waals surface area contributed by atoms with Crippen LogP contribution >= 0.6 is 0 Å². The van der Waals surface area contributed by atoms with Crippen LogP contribution in [0.5, 0.6) is 0 Å². The molecule has 0 saturated carbocycles. The van der Waals surface area contributed by atoms with Crippen LogP contribution in [0.2, 0.25) is 0 Å². The van der Waals surface area contributed by atoms with E-state index in [1.807, 2.05) is 30.3 Å². The number of carbonyl (C=O) groups excluding carboxylic acids is 1. The molecule has 1 aliphatic rings. The fourth-order valence-corrected chi connectivity index (χ4v) is 3.48. The van der Waals surface area contributed by atoms with E-state index in [0.29, 0.717) is 18.0 Å². The zero-order valence-electron chi connectivity index (χ0n) is 14.7. The average Bonchev–Trinajstić information content (AvgIpc) is 2.97. The molecule has 2 aromatic carbocycles. The summed E-state index contributed by atoms with van der Waals surface area (Å²) in [7, 11) is 0. The van der Waals surface area contributed by atoms with E-state index in [4.69, 9.17) is 4.98 Å². The third kappa shape index (κ3) is 3.16. The zero-order chi connectivity index (χ0) is 17.4. The largest absolute Gasteiger partial charge is 0.348 e. The van der Waals surface area contributed by atoms with Gasteiger partial charge in [-0.25, -0.2) is 4.98 Å². The lowest BCUT2D eigenvalue weighted by molar-refractivity contribution is 0.0951. The third-order valence-electron chi connectivity index (χ3n) is 5.04. The SMILES string of the molecule is Cc1ccc(CNC(=O)c2ccc3c(c2)nc2n3CCC(C)C2)cc1. The summed E-state index contributed by atoms with van der Waals surface area (Å²) >= 11 is 0. The molecule has 25 heavy (non-hydrogen) atoms. The monoisotopic (exact) mass is 333 g/mol. The van der Waals surface area contributed by atoms with Gasteiger partial charge in [0.2, 0.25) is 0 Å². The van der Waals surface area contributed by atoms with Gasteiger partial charge in [0.25, 0.3) is 5.91 Å². The summed E-state index contributed by atoms with van der Waals surface area (Å²) in [5, 5.41) is 2.99. The van der Waals surface area contributed by atoms with Crippen molar-refractivity contribution in [3.05, 3.63) is 65.0 Å². The number of aryl methyl sites for hydroxylation is 2. The molecule has 0 saturated heterocycles. The van der Waals surface area contributed by atoms with E-state index in [1.54, 1.807) is 0 Å². The number of carbonyl (C=O) groups is 1. The maximum atomic E-state index is 12.5. The van der Waals surface area contributed by atoms with Gasteiger partial charge in [-0.3, -0.25) is 4.79 Å².